The van der Waals surface area contributed by atoms with Gasteiger partial charge in [0.25, 0.3) is 0 Å². The number of halogens is 5. The maximum absolute atomic E-state index is 12.1. The number of benzene rings is 1. The summed E-state index contributed by atoms with van der Waals surface area (Å²) in [5, 5.41) is 8.90. The Balaban J connectivity index is 3.06. The summed E-state index contributed by atoms with van der Waals surface area (Å²) in [5.41, 5.74) is -5.54. The second-order valence-corrected chi connectivity index (χ2v) is 8.90. The van der Waals surface area contributed by atoms with Gasteiger partial charge in [-0.05, 0) is 0 Å². The van der Waals surface area contributed by atoms with Crippen molar-refractivity contribution in [1.82, 2.24) is 0 Å². The Morgan fingerprint density at radius 2 is 2.00 bits per heavy atom. The molecule has 1 rings (SSSR count). The number of nitriles is 1. The molecule has 0 unspecified atom stereocenters. The SMILES string of the molecule is N#CI(OS(=O)(=O)C(F)(F)F)c1cccc(Cl)c1. The average Bonchev–Trinajstić information content (AvgIpc) is 2.24. The molecule has 0 aliphatic rings. The maximum atomic E-state index is 12.1. The second-order valence-electron chi connectivity index (χ2n) is 2.74. The van der Waals surface area contributed by atoms with Crippen molar-refractivity contribution in [2.75, 3.05) is 0 Å². The van der Waals surface area contributed by atoms with Crippen LogP contribution in [-0.2, 0) is 12.6 Å². The zero-order valence-corrected chi connectivity index (χ0v) is 12.0. The fraction of sp³-hybridized carbons (Fsp3) is 0.125. The molecule has 1 aromatic rings. The summed E-state index contributed by atoms with van der Waals surface area (Å²) in [4.78, 5) is 0. The van der Waals surface area contributed by atoms with E-state index in [1.807, 2.05) is 0 Å². The Morgan fingerprint density at radius 3 is 2.44 bits per heavy atom. The molecule has 0 aliphatic carbocycles. The van der Waals surface area contributed by atoms with E-state index in [1.54, 1.807) is 0 Å². The predicted octanol–water partition coefficient (Wildman–Crippen LogP) is 3.28. The molecule has 0 N–H and O–H groups in total. The average molecular weight is 414 g/mol. The molecule has 0 spiro atoms. The first-order valence-electron chi connectivity index (χ1n) is 4.04. The van der Waals surface area contributed by atoms with Crippen molar-refractivity contribution in [3.63, 3.8) is 0 Å². The molecule has 100 valence electrons. The van der Waals surface area contributed by atoms with Crippen molar-refractivity contribution in [2.24, 2.45) is 0 Å². The van der Waals surface area contributed by atoms with Gasteiger partial charge in [-0.3, -0.25) is 0 Å². The van der Waals surface area contributed by atoms with Crippen LogP contribution in [0.4, 0.5) is 13.2 Å². The number of rotatable bonds is 3. The van der Waals surface area contributed by atoms with Gasteiger partial charge in [0.2, 0.25) is 0 Å². The van der Waals surface area contributed by atoms with Gasteiger partial charge in [-0.1, -0.05) is 0 Å². The van der Waals surface area contributed by atoms with Crippen LogP contribution in [0.1, 0.15) is 0 Å². The van der Waals surface area contributed by atoms with Gasteiger partial charge < -0.3 is 0 Å². The summed E-state index contributed by atoms with van der Waals surface area (Å²) < 4.78 is 63.4. The third-order valence-electron chi connectivity index (χ3n) is 1.49. The first-order valence-corrected chi connectivity index (χ1v) is 8.86. The van der Waals surface area contributed by atoms with Crippen LogP contribution in [0.5, 0.6) is 0 Å². The van der Waals surface area contributed by atoms with E-state index in [1.165, 1.54) is 28.3 Å². The zero-order chi connectivity index (χ0) is 14.0. The number of hydrogen-bond donors (Lipinski definition) is 0. The van der Waals surface area contributed by atoms with Gasteiger partial charge >= 0.3 is 114 Å². The van der Waals surface area contributed by atoms with Crippen LogP contribution >= 0.6 is 31.8 Å². The summed E-state index contributed by atoms with van der Waals surface area (Å²) in [7, 11) is -5.77. The molecule has 0 atom stereocenters. The van der Waals surface area contributed by atoms with E-state index in [9.17, 15) is 21.6 Å². The third-order valence-corrected chi connectivity index (χ3v) is 7.32. The van der Waals surface area contributed by atoms with Crippen molar-refractivity contribution >= 4 is 42.0 Å². The van der Waals surface area contributed by atoms with Gasteiger partial charge in [0, 0.05) is 0 Å². The van der Waals surface area contributed by atoms with E-state index in [0.717, 1.165) is 0 Å². The molecular weight excluding hydrogens is 410 g/mol. The number of nitrogens with zero attached hydrogens (tertiary/aromatic N) is 1. The van der Waals surface area contributed by atoms with Crippen molar-refractivity contribution < 1.29 is 24.1 Å². The summed E-state index contributed by atoms with van der Waals surface area (Å²) in [6, 6.07) is 5.34. The second kappa shape index (κ2) is 5.60. The molecule has 18 heavy (non-hydrogen) atoms. The number of alkyl halides is 3. The molecule has 0 aromatic heterocycles. The first kappa shape index (κ1) is 15.5. The van der Waals surface area contributed by atoms with Gasteiger partial charge in [-0.25, -0.2) is 0 Å². The normalized spacial score (nSPS) is 12.9. The predicted molar refractivity (Wildman–Crippen MR) is 65.8 cm³/mol. The molecule has 1 aromatic carbocycles. The Kier molecular flexibility index (Phi) is 4.82. The molecule has 4 nitrogen and oxygen atoms in total. The monoisotopic (exact) mass is 413 g/mol. The third kappa shape index (κ3) is 3.71. The quantitative estimate of drug-likeness (QED) is 0.563. The Bertz CT molecular complexity index is 584. The van der Waals surface area contributed by atoms with Gasteiger partial charge in [-0.2, -0.15) is 0 Å². The van der Waals surface area contributed by atoms with Crippen LogP contribution in [0.3, 0.4) is 0 Å². The summed E-state index contributed by atoms with van der Waals surface area (Å²) >= 11 is 1.99. The van der Waals surface area contributed by atoms with E-state index >= 15 is 0 Å². The summed E-state index contributed by atoms with van der Waals surface area (Å²) in [6.45, 7) is 0. The fourth-order valence-electron chi connectivity index (χ4n) is 0.785. The molecule has 0 amide bonds. The zero-order valence-electron chi connectivity index (χ0n) is 8.28. The fourth-order valence-corrected chi connectivity index (χ4v) is 5.82. The van der Waals surface area contributed by atoms with Gasteiger partial charge in [-0.15, -0.1) is 0 Å². The van der Waals surface area contributed by atoms with Crippen LogP contribution in [0.15, 0.2) is 24.3 Å². The molecule has 0 saturated carbocycles. The topological polar surface area (TPSA) is 67.2 Å². The Hall–Kier alpha value is -0.570. The van der Waals surface area contributed by atoms with E-state index in [4.69, 9.17) is 16.9 Å². The van der Waals surface area contributed by atoms with Gasteiger partial charge in [0.15, 0.2) is 0 Å². The molecule has 0 saturated heterocycles. The summed E-state index contributed by atoms with van der Waals surface area (Å²) in [5.74, 6) is 0. The van der Waals surface area contributed by atoms with Crippen LogP contribution in [-0.4, -0.2) is 13.9 Å². The first-order chi connectivity index (χ1) is 8.17. The molecule has 0 fully saturated rings. The minimum absolute atomic E-state index is 0.0713. The minimum atomic E-state index is -5.77. The van der Waals surface area contributed by atoms with Crippen molar-refractivity contribution in [2.45, 2.75) is 5.51 Å². The van der Waals surface area contributed by atoms with E-state index in [0.29, 0.717) is 0 Å². The molecule has 0 bridgehead atoms. The van der Waals surface area contributed by atoms with E-state index < -0.39 is 35.9 Å². The van der Waals surface area contributed by atoms with Crippen LogP contribution in [0, 0.1) is 12.9 Å². The molecule has 0 heterocycles. The van der Waals surface area contributed by atoms with Crippen LogP contribution < -0.4 is 0 Å². The van der Waals surface area contributed by atoms with Gasteiger partial charge in [0.1, 0.15) is 0 Å². The molecule has 0 aliphatic heterocycles. The van der Waals surface area contributed by atoms with Crippen molar-refractivity contribution in [3.05, 3.63) is 32.9 Å². The molecule has 10 heteroatoms. The van der Waals surface area contributed by atoms with Crippen LogP contribution in [0.25, 0.3) is 0 Å². The van der Waals surface area contributed by atoms with E-state index in [2.05, 4.69) is 2.51 Å². The van der Waals surface area contributed by atoms with Crippen LogP contribution in [0.2, 0.25) is 5.02 Å². The number of hydrogen-bond acceptors (Lipinski definition) is 4. The van der Waals surface area contributed by atoms with Gasteiger partial charge in [0.05, 0.1) is 0 Å². The van der Waals surface area contributed by atoms with E-state index in [-0.39, 0.29) is 8.59 Å². The Morgan fingerprint density at radius 1 is 1.39 bits per heavy atom. The molecular formula is C8H4ClF3INO3S. The van der Waals surface area contributed by atoms with Crippen molar-refractivity contribution in [1.29, 1.82) is 5.26 Å². The Labute approximate surface area is 113 Å². The van der Waals surface area contributed by atoms with Crippen molar-refractivity contribution in [3.8, 4) is 4.08 Å². The molecule has 0 radical (unpaired) electrons. The summed E-state index contributed by atoms with van der Waals surface area (Å²) in [6.07, 6.45) is 0. The standard InChI is InChI=1S/C8H4ClF3INO3S/c9-6-2-1-3-7(4-6)13(5-14)17-18(15,16)8(10,11)12/h1-4H.